The van der Waals surface area contributed by atoms with E-state index in [2.05, 4.69) is 19.2 Å². The highest BCUT2D eigenvalue weighted by atomic mass is 16.5. The van der Waals surface area contributed by atoms with Gasteiger partial charge in [0.25, 0.3) is 0 Å². The summed E-state index contributed by atoms with van der Waals surface area (Å²) in [4.78, 5) is 11.9. The van der Waals surface area contributed by atoms with Crippen LogP contribution in [0.4, 0.5) is 0 Å². The van der Waals surface area contributed by atoms with Crippen molar-refractivity contribution in [1.82, 2.24) is 5.32 Å². The van der Waals surface area contributed by atoms with Crippen molar-refractivity contribution in [3.63, 3.8) is 0 Å². The Balaban J connectivity index is 2.53. The van der Waals surface area contributed by atoms with Gasteiger partial charge in [0, 0.05) is 13.2 Å². The minimum atomic E-state index is -0.223. The van der Waals surface area contributed by atoms with Crippen LogP contribution in [0.3, 0.4) is 0 Å². The largest absolute Gasteiger partial charge is 0.381 e. The number of hydrogen-bond donors (Lipinski definition) is 2. The van der Waals surface area contributed by atoms with Gasteiger partial charge >= 0.3 is 0 Å². The Hall–Kier alpha value is -0.610. The maximum absolute atomic E-state index is 11.9. The van der Waals surface area contributed by atoms with Crippen molar-refractivity contribution in [3.8, 4) is 0 Å². The molecule has 0 aromatic carbocycles. The first-order valence-electron chi connectivity index (χ1n) is 5.77. The topological polar surface area (TPSA) is 64.3 Å². The third-order valence-corrected chi connectivity index (χ3v) is 3.43. The SMILES string of the molecule is CCC(CC)(CN)NC(=O)C1CCOC1. The fourth-order valence-electron chi connectivity index (χ4n) is 1.87. The quantitative estimate of drug-likeness (QED) is 0.706. The van der Waals surface area contributed by atoms with Gasteiger partial charge in [-0.2, -0.15) is 0 Å². The third kappa shape index (κ3) is 2.92. The highest BCUT2D eigenvalue weighted by Gasteiger charge is 2.31. The zero-order valence-electron chi connectivity index (χ0n) is 9.71. The van der Waals surface area contributed by atoms with Gasteiger partial charge in [0.2, 0.25) is 5.91 Å². The number of nitrogens with one attached hydrogen (secondary N) is 1. The van der Waals surface area contributed by atoms with Gasteiger partial charge in [-0.25, -0.2) is 0 Å². The monoisotopic (exact) mass is 214 g/mol. The van der Waals surface area contributed by atoms with Crippen LogP contribution < -0.4 is 11.1 Å². The van der Waals surface area contributed by atoms with E-state index < -0.39 is 0 Å². The average Bonchev–Trinajstić information content (AvgIpc) is 2.79. The van der Waals surface area contributed by atoms with E-state index in [1.807, 2.05) is 0 Å². The maximum atomic E-state index is 11.9. The Labute approximate surface area is 91.5 Å². The summed E-state index contributed by atoms with van der Waals surface area (Å²) in [5, 5.41) is 3.08. The molecule has 4 nitrogen and oxygen atoms in total. The van der Waals surface area contributed by atoms with Crippen LogP contribution in [-0.4, -0.2) is 31.2 Å². The van der Waals surface area contributed by atoms with Gasteiger partial charge < -0.3 is 15.8 Å². The molecule has 1 heterocycles. The first-order valence-corrected chi connectivity index (χ1v) is 5.77. The first-order chi connectivity index (χ1) is 7.17. The van der Waals surface area contributed by atoms with E-state index >= 15 is 0 Å². The number of nitrogens with two attached hydrogens (primary N) is 1. The molecule has 0 aliphatic carbocycles. The molecule has 88 valence electrons. The molecule has 1 amide bonds. The van der Waals surface area contributed by atoms with E-state index in [1.54, 1.807) is 0 Å². The normalized spacial score (nSPS) is 21.7. The molecular weight excluding hydrogens is 192 g/mol. The van der Waals surface area contributed by atoms with E-state index in [9.17, 15) is 4.79 Å². The van der Waals surface area contributed by atoms with Crippen molar-refractivity contribution in [3.05, 3.63) is 0 Å². The molecule has 1 aliphatic rings. The van der Waals surface area contributed by atoms with Crippen molar-refractivity contribution in [1.29, 1.82) is 0 Å². The average molecular weight is 214 g/mol. The number of ether oxygens (including phenoxy) is 1. The molecule has 1 aliphatic heterocycles. The molecule has 0 spiro atoms. The second kappa shape index (κ2) is 5.47. The summed E-state index contributed by atoms with van der Waals surface area (Å²) >= 11 is 0. The van der Waals surface area contributed by atoms with Crippen LogP contribution in [0.1, 0.15) is 33.1 Å². The van der Waals surface area contributed by atoms with Crippen LogP contribution in [0.5, 0.6) is 0 Å². The minimum Gasteiger partial charge on any atom is -0.381 e. The second-order valence-electron chi connectivity index (χ2n) is 4.24. The Morgan fingerprint density at radius 3 is 2.60 bits per heavy atom. The third-order valence-electron chi connectivity index (χ3n) is 3.43. The summed E-state index contributed by atoms with van der Waals surface area (Å²) in [6, 6.07) is 0. The lowest BCUT2D eigenvalue weighted by atomic mass is 9.92. The van der Waals surface area contributed by atoms with Gasteiger partial charge in [0.05, 0.1) is 18.1 Å². The molecule has 1 atom stereocenters. The summed E-state index contributed by atoms with van der Waals surface area (Å²) in [5.41, 5.74) is 5.51. The number of carbonyl (C=O) groups excluding carboxylic acids is 1. The fraction of sp³-hybridized carbons (Fsp3) is 0.909. The van der Waals surface area contributed by atoms with E-state index in [-0.39, 0.29) is 17.4 Å². The highest BCUT2D eigenvalue weighted by Crippen LogP contribution is 2.17. The van der Waals surface area contributed by atoms with Crippen LogP contribution in [0, 0.1) is 5.92 Å². The van der Waals surface area contributed by atoms with Crippen molar-refractivity contribution in [2.24, 2.45) is 11.7 Å². The van der Waals surface area contributed by atoms with Crippen LogP contribution in [0.25, 0.3) is 0 Å². The lowest BCUT2D eigenvalue weighted by Crippen LogP contribution is -2.54. The molecule has 0 radical (unpaired) electrons. The molecule has 0 saturated carbocycles. The summed E-state index contributed by atoms with van der Waals surface area (Å²) in [7, 11) is 0. The Morgan fingerprint density at radius 1 is 1.53 bits per heavy atom. The van der Waals surface area contributed by atoms with Gasteiger partial charge in [0.15, 0.2) is 0 Å². The van der Waals surface area contributed by atoms with E-state index in [0.29, 0.717) is 19.8 Å². The number of hydrogen-bond acceptors (Lipinski definition) is 3. The molecule has 3 N–H and O–H groups in total. The molecular formula is C11H22N2O2. The van der Waals surface area contributed by atoms with Crippen molar-refractivity contribution in [2.45, 2.75) is 38.6 Å². The molecule has 1 saturated heterocycles. The van der Waals surface area contributed by atoms with Gasteiger partial charge in [-0.05, 0) is 19.3 Å². The van der Waals surface area contributed by atoms with Crippen molar-refractivity contribution < 1.29 is 9.53 Å². The Morgan fingerprint density at radius 2 is 2.20 bits per heavy atom. The van der Waals surface area contributed by atoms with Gasteiger partial charge in [-0.15, -0.1) is 0 Å². The molecule has 0 bridgehead atoms. The lowest BCUT2D eigenvalue weighted by molar-refractivity contribution is -0.127. The molecule has 0 aromatic heterocycles. The van der Waals surface area contributed by atoms with Gasteiger partial charge in [-0.3, -0.25) is 4.79 Å². The molecule has 1 rings (SSSR count). The van der Waals surface area contributed by atoms with Gasteiger partial charge in [-0.1, -0.05) is 13.8 Å². The number of carbonyl (C=O) groups is 1. The summed E-state index contributed by atoms with van der Waals surface area (Å²) in [5.74, 6) is 0.121. The predicted molar refractivity (Wildman–Crippen MR) is 59.4 cm³/mol. The zero-order valence-corrected chi connectivity index (χ0v) is 9.71. The first kappa shape index (κ1) is 12.5. The second-order valence-corrected chi connectivity index (χ2v) is 4.24. The minimum absolute atomic E-state index is 0.0222. The van der Waals surface area contributed by atoms with E-state index in [0.717, 1.165) is 19.3 Å². The Bertz CT molecular complexity index is 200. The van der Waals surface area contributed by atoms with Crippen molar-refractivity contribution >= 4 is 5.91 Å². The van der Waals surface area contributed by atoms with Crippen molar-refractivity contribution in [2.75, 3.05) is 19.8 Å². The Kier molecular flexibility index (Phi) is 4.54. The number of amides is 1. The standard InChI is InChI=1S/C11H22N2O2/c1-3-11(4-2,8-12)13-10(14)9-5-6-15-7-9/h9H,3-8,12H2,1-2H3,(H,13,14). The van der Waals surface area contributed by atoms with E-state index in [1.165, 1.54) is 0 Å². The molecule has 15 heavy (non-hydrogen) atoms. The van der Waals surface area contributed by atoms with E-state index in [4.69, 9.17) is 10.5 Å². The van der Waals surface area contributed by atoms with Crippen LogP contribution in [0.2, 0.25) is 0 Å². The maximum Gasteiger partial charge on any atom is 0.226 e. The zero-order chi connectivity index (χ0) is 11.3. The summed E-state index contributed by atoms with van der Waals surface area (Å²) < 4.78 is 5.20. The van der Waals surface area contributed by atoms with Gasteiger partial charge in [0.1, 0.15) is 0 Å². The lowest BCUT2D eigenvalue weighted by Gasteiger charge is -2.32. The van der Waals surface area contributed by atoms with Crippen LogP contribution >= 0.6 is 0 Å². The van der Waals surface area contributed by atoms with Crippen LogP contribution in [0.15, 0.2) is 0 Å². The molecule has 1 unspecified atom stereocenters. The molecule has 0 aromatic rings. The van der Waals surface area contributed by atoms with Crippen LogP contribution in [-0.2, 0) is 9.53 Å². The smallest absolute Gasteiger partial charge is 0.226 e. The fourth-order valence-corrected chi connectivity index (χ4v) is 1.87. The summed E-state index contributed by atoms with van der Waals surface area (Å²) in [6.07, 6.45) is 2.58. The highest BCUT2D eigenvalue weighted by molar-refractivity contribution is 5.79. The molecule has 4 heteroatoms. The molecule has 1 fully saturated rings. The summed E-state index contributed by atoms with van der Waals surface area (Å²) in [6.45, 7) is 5.87. The number of rotatable bonds is 5. The predicted octanol–water partition coefficient (Wildman–Crippen LogP) is 0.657.